The van der Waals surface area contributed by atoms with Crippen LogP contribution in [0.4, 0.5) is 4.39 Å². The summed E-state index contributed by atoms with van der Waals surface area (Å²) in [7, 11) is 0. The van der Waals surface area contributed by atoms with E-state index in [0.717, 1.165) is 24.1 Å². The van der Waals surface area contributed by atoms with Crippen LogP contribution in [0.1, 0.15) is 17.5 Å². The predicted molar refractivity (Wildman–Crippen MR) is 88.3 cm³/mol. The number of rotatable bonds is 8. The van der Waals surface area contributed by atoms with E-state index in [0.29, 0.717) is 6.54 Å². The van der Waals surface area contributed by atoms with Gasteiger partial charge in [-0.25, -0.2) is 4.39 Å². The highest BCUT2D eigenvalue weighted by molar-refractivity contribution is 5.76. The lowest BCUT2D eigenvalue weighted by Crippen LogP contribution is -2.43. The molecule has 0 saturated carbocycles. The van der Waals surface area contributed by atoms with Gasteiger partial charge in [0.2, 0.25) is 5.91 Å². The lowest BCUT2D eigenvalue weighted by molar-refractivity contribution is -0.194. The average Bonchev–Trinajstić information content (AvgIpc) is 2.56. The molecule has 1 amide bonds. The second kappa shape index (κ2) is 8.54. The van der Waals surface area contributed by atoms with Gasteiger partial charge >= 0.3 is 0 Å². The van der Waals surface area contributed by atoms with Crippen molar-refractivity contribution in [2.24, 2.45) is 0 Å². The van der Waals surface area contributed by atoms with Gasteiger partial charge in [0.05, 0.1) is 0 Å². The monoisotopic (exact) mass is 332 g/mol. The van der Waals surface area contributed by atoms with E-state index in [1.165, 1.54) is 12.1 Å². The fraction of sp³-hybridized carbons (Fsp3) is 0.278. The summed E-state index contributed by atoms with van der Waals surface area (Å²) in [4.78, 5) is 11.7. The van der Waals surface area contributed by atoms with Gasteiger partial charge in [-0.15, -0.1) is 0 Å². The van der Waals surface area contributed by atoms with Crippen molar-refractivity contribution in [3.63, 3.8) is 0 Å². The Bertz CT molecular complexity index is 645. The van der Waals surface area contributed by atoms with E-state index in [2.05, 4.69) is 10.6 Å². The van der Waals surface area contributed by atoms with Crippen LogP contribution >= 0.6 is 0 Å². The van der Waals surface area contributed by atoms with Crippen LogP contribution in [0.3, 0.4) is 0 Å². The number of halogens is 1. The Balaban J connectivity index is 1.69. The minimum atomic E-state index is -2.31. The quantitative estimate of drug-likeness (QED) is 0.549. The molecule has 5 nitrogen and oxygen atoms in total. The predicted octanol–water partition coefficient (Wildman–Crippen LogP) is 1.26. The van der Waals surface area contributed by atoms with Crippen LogP contribution in [0, 0.1) is 5.82 Å². The lowest BCUT2D eigenvalue weighted by Gasteiger charge is -2.23. The summed E-state index contributed by atoms with van der Waals surface area (Å²) in [6.45, 7) is 0.589. The first-order chi connectivity index (χ1) is 11.5. The van der Waals surface area contributed by atoms with Crippen LogP contribution in [0.25, 0.3) is 0 Å². The summed E-state index contributed by atoms with van der Waals surface area (Å²) in [6.07, 6.45) is 0.832. The first-order valence-corrected chi connectivity index (χ1v) is 7.74. The molecule has 0 radical (unpaired) electrons. The molecular weight excluding hydrogens is 311 g/mol. The van der Waals surface area contributed by atoms with Crippen molar-refractivity contribution >= 4 is 5.91 Å². The van der Waals surface area contributed by atoms with E-state index in [-0.39, 0.29) is 24.4 Å². The van der Waals surface area contributed by atoms with E-state index in [9.17, 15) is 19.4 Å². The highest BCUT2D eigenvalue weighted by Gasteiger charge is 2.25. The summed E-state index contributed by atoms with van der Waals surface area (Å²) in [5.41, 5.74) is 1.24. The molecule has 4 N–H and O–H groups in total. The molecule has 0 spiro atoms. The highest BCUT2D eigenvalue weighted by atomic mass is 19.1. The first kappa shape index (κ1) is 18.1. The molecule has 0 fully saturated rings. The Kier molecular flexibility index (Phi) is 6.43. The van der Waals surface area contributed by atoms with Crippen molar-refractivity contribution in [3.8, 4) is 0 Å². The van der Waals surface area contributed by atoms with Gasteiger partial charge in [-0.2, -0.15) is 0 Å². The van der Waals surface area contributed by atoms with Gasteiger partial charge in [0, 0.05) is 25.1 Å². The van der Waals surface area contributed by atoms with E-state index in [1.807, 2.05) is 30.3 Å². The summed E-state index contributed by atoms with van der Waals surface area (Å²) >= 11 is 0. The van der Waals surface area contributed by atoms with Gasteiger partial charge in [0.15, 0.2) is 0 Å². The Morgan fingerprint density at radius 1 is 1.00 bits per heavy atom. The third-order valence-corrected chi connectivity index (χ3v) is 3.55. The van der Waals surface area contributed by atoms with Crippen LogP contribution in [0.5, 0.6) is 0 Å². The molecule has 0 aliphatic heterocycles. The fourth-order valence-electron chi connectivity index (χ4n) is 2.21. The van der Waals surface area contributed by atoms with Crippen LogP contribution in [0.15, 0.2) is 54.6 Å². The molecule has 0 aliphatic rings. The number of carbonyl (C=O) groups is 1. The molecule has 0 aliphatic carbocycles. The first-order valence-electron chi connectivity index (χ1n) is 7.74. The molecule has 0 heterocycles. The molecule has 2 aromatic carbocycles. The number of nitrogens with one attached hydrogen (secondary N) is 2. The number of benzene rings is 2. The van der Waals surface area contributed by atoms with Crippen LogP contribution in [-0.2, 0) is 17.1 Å². The molecule has 2 aromatic rings. The Morgan fingerprint density at radius 3 is 2.33 bits per heavy atom. The van der Waals surface area contributed by atoms with E-state index < -0.39 is 11.7 Å². The maximum Gasteiger partial charge on any atom is 0.250 e. The zero-order valence-corrected chi connectivity index (χ0v) is 13.2. The molecule has 0 aromatic heterocycles. The molecule has 24 heavy (non-hydrogen) atoms. The van der Waals surface area contributed by atoms with Crippen molar-refractivity contribution in [2.45, 2.75) is 18.8 Å². The molecule has 0 unspecified atom stereocenters. The van der Waals surface area contributed by atoms with Crippen molar-refractivity contribution in [1.82, 2.24) is 10.6 Å². The zero-order chi connectivity index (χ0) is 17.4. The van der Waals surface area contributed by atoms with E-state index in [4.69, 9.17) is 0 Å². The summed E-state index contributed by atoms with van der Waals surface area (Å²) < 4.78 is 12.8. The fourth-order valence-corrected chi connectivity index (χ4v) is 2.21. The minimum Gasteiger partial charge on any atom is -0.356 e. The molecule has 6 heteroatoms. The number of carbonyl (C=O) groups excluding carboxylic acids is 1. The molecular formula is C18H21FN2O3. The smallest absolute Gasteiger partial charge is 0.250 e. The van der Waals surface area contributed by atoms with Crippen molar-refractivity contribution in [1.29, 1.82) is 0 Å². The topological polar surface area (TPSA) is 81.6 Å². The summed E-state index contributed by atoms with van der Waals surface area (Å²) in [6, 6.07) is 14.6. The standard InChI is InChI=1S/C18H21FN2O3/c19-16-8-6-15(7-9-16)18(23,24)21-13-11-17(22)20-12-10-14-4-2-1-3-5-14/h1-9,21,23-24H,10-13H2,(H,20,22). The van der Waals surface area contributed by atoms with Gasteiger partial charge in [0.1, 0.15) is 5.82 Å². The summed E-state index contributed by atoms with van der Waals surface area (Å²) in [5, 5.41) is 25.0. The van der Waals surface area contributed by atoms with Gasteiger partial charge in [-0.1, -0.05) is 30.3 Å². The molecule has 0 atom stereocenters. The van der Waals surface area contributed by atoms with Gasteiger partial charge in [-0.05, 0) is 36.2 Å². The van der Waals surface area contributed by atoms with Crippen molar-refractivity contribution in [3.05, 3.63) is 71.5 Å². The van der Waals surface area contributed by atoms with Crippen LogP contribution in [-0.4, -0.2) is 29.2 Å². The third-order valence-electron chi connectivity index (χ3n) is 3.55. The number of aliphatic hydroxyl groups is 2. The number of hydrogen-bond acceptors (Lipinski definition) is 4. The van der Waals surface area contributed by atoms with Crippen molar-refractivity contribution < 1.29 is 19.4 Å². The van der Waals surface area contributed by atoms with Gasteiger partial charge in [-0.3, -0.25) is 10.1 Å². The van der Waals surface area contributed by atoms with E-state index in [1.54, 1.807) is 0 Å². The van der Waals surface area contributed by atoms with Crippen LogP contribution < -0.4 is 10.6 Å². The molecule has 0 saturated heterocycles. The number of amides is 1. The SMILES string of the molecule is O=C(CCNC(O)(O)c1ccc(F)cc1)NCCc1ccccc1. The highest BCUT2D eigenvalue weighted by Crippen LogP contribution is 2.15. The molecule has 128 valence electrons. The zero-order valence-electron chi connectivity index (χ0n) is 13.2. The second-order valence-corrected chi connectivity index (χ2v) is 5.44. The second-order valence-electron chi connectivity index (χ2n) is 5.44. The minimum absolute atomic E-state index is 0.0710. The van der Waals surface area contributed by atoms with Crippen molar-refractivity contribution in [2.75, 3.05) is 13.1 Å². The molecule has 2 rings (SSSR count). The largest absolute Gasteiger partial charge is 0.356 e. The summed E-state index contributed by atoms with van der Waals surface area (Å²) in [5.74, 6) is -2.96. The number of hydrogen-bond donors (Lipinski definition) is 4. The van der Waals surface area contributed by atoms with E-state index >= 15 is 0 Å². The van der Waals surface area contributed by atoms with Gasteiger partial charge in [0.25, 0.3) is 5.91 Å². The average molecular weight is 332 g/mol. The van der Waals surface area contributed by atoms with Crippen LogP contribution in [0.2, 0.25) is 0 Å². The third kappa shape index (κ3) is 5.73. The maximum atomic E-state index is 12.8. The Labute approximate surface area is 140 Å². The normalized spacial score (nSPS) is 11.3. The molecule has 0 bridgehead atoms. The van der Waals surface area contributed by atoms with Gasteiger partial charge < -0.3 is 15.5 Å². The Morgan fingerprint density at radius 2 is 1.67 bits per heavy atom. The maximum absolute atomic E-state index is 12.8. The lowest BCUT2D eigenvalue weighted by atomic mass is 10.1. The Hall–Kier alpha value is -2.28.